The molecule has 0 radical (unpaired) electrons. The van der Waals surface area contributed by atoms with Crippen LogP contribution < -0.4 is 4.90 Å². The Hall–Kier alpha value is -2.01. The molecule has 0 atom stereocenters. The number of rotatable bonds is 2. The van der Waals surface area contributed by atoms with E-state index in [4.69, 9.17) is 0 Å². The third-order valence-electron chi connectivity index (χ3n) is 2.70. The van der Waals surface area contributed by atoms with Crippen molar-refractivity contribution in [3.05, 3.63) is 42.5 Å². The third-order valence-corrected chi connectivity index (χ3v) is 3.38. The van der Waals surface area contributed by atoms with Crippen LogP contribution in [0.25, 0.3) is 10.8 Å². The molecule has 2 aromatic carbocycles. The van der Waals surface area contributed by atoms with Gasteiger partial charge >= 0.3 is 0 Å². The summed E-state index contributed by atoms with van der Waals surface area (Å²) in [7, 11) is 1.98. The van der Waals surface area contributed by atoms with Crippen molar-refractivity contribution in [2.75, 3.05) is 11.9 Å². The predicted octanol–water partition coefficient (Wildman–Crippen LogP) is 2.85. The minimum atomic E-state index is 0.793. The first kappa shape index (κ1) is 10.2. The zero-order valence-electron chi connectivity index (χ0n) is 9.24. The van der Waals surface area contributed by atoms with Gasteiger partial charge in [-0.05, 0) is 16.7 Å². The summed E-state index contributed by atoms with van der Waals surface area (Å²) in [5.41, 5.74) is 1.11. The normalized spacial score (nSPS) is 10.6. The fourth-order valence-corrected chi connectivity index (χ4v) is 2.30. The zero-order valence-corrected chi connectivity index (χ0v) is 10.1. The van der Waals surface area contributed by atoms with Gasteiger partial charge < -0.3 is 4.90 Å². The fourth-order valence-electron chi connectivity index (χ4n) is 1.86. The van der Waals surface area contributed by atoms with Crippen molar-refractivity contribution in [2.45, 2.75) is 0 Å². The Bertz CT molecular complexity index is 631. The lowest BCUT2D eigenvalue weighted by atomic mass is 10.1. The van der Waals surface area contributed by atoms with Gasteiger partial charge in [0, 0.05) is 24.0 Å². The first-order chi connectivity index (χ1) is 8.36. The highest BCUT2D eigenvalue weighted by atomic mass is 32.1. The Balaban J connectivity index is 2.17. The van der Waals surface area contributed by atoms with Crippen molar-refractivity contribution < 1.29 is 0 Å². The largest absolute Gasteiger partial charge is 0.318 e. The van der Waals surface area contributed by atoms with Crippen molar-refractivity contribution in [1.82, 2.24) is 14.8 Å². The molecule has 17 heavy (non-hydrogen) atoms. The van der Waals surface area contributed by atoms with Crippen LogP contribution in [0, 0.1) is 0 Å². The highest BCUT2D eigenvalue weighted by Gasteiger charge is 2.10. The maximum Gasteiger partial charge on any atom is 0.232 e. The third kappa shape index (κ3) is 1.74. The van der Waals surface area contributed by atoms with E-state index >= 15 is 0 Å². The summed E-state index contributed by atoms with van der Waals surface area (Å²) >= 11 is 1.29. The molecule has 0 amide bonds. The van der Waals surface area contributed by atoms with Crippen LogP contribution >= 0.6 is 11.5 Å². The van der Waals surface area contributed by atoms with Crippen LogP contribution in [0.1, 0.15) is 0 Å². The van der Waals surface area contributed by atoms with Gasteiger partial charge in [-0.3, -0.25) is 0 Å². The topological polar surface area (TPSA) is 41.9 Å². The number of fused-ring (bicyclic) bond motifs is 1. The summed E-state index contributed by atoms with van der Waals surface area (Å²) in [5.74, 6) is 0. The second-order valence-electron chi connectivity index (χ2n) is 3.70. The maximum absolute atomic E-state index is 3.98. The molecule has 1 heterocycles. The lowest BCUT2D eigenvalue weighted by Crippen LogP contribution is -2.09. The molecule has 5 heteroatoms. The van der Waals surface area contributed by atoms with E-state index in [0.717, 1.165) is 10.8 Å². The van der Waals surface area contributed by atoms with Gasteiger partial charge in [-0.2, -0.15) is 0 Å². The highest BCUT2D eigenvalue weighted by molar-refractivity contribution is 7.09. The number of hydrogen-bond donors (Lipinski definition) is 0. The molecular weight excluding hydrogens is 232 g/mol. The van der Waals surface area contributed by atoms with Crippen LogP contribution in [0.4, 0.5) is 10.8 Å². The molecule has 0 fully saturated rings. The summed E-state index contributed by atoms with van der Waals surface area (Å²) in [6, 6.07) is 14.5. The van der Waals surface area contributed by atoms with Crippen LogP contribution in [-0.2, 0) is 0 Å². The maximum atomic E-state index is 3.98. The van der Waals surface area contributed by atoms with Crippen molar-refractivity contribution in [3.63, 3.8) is 0 Å². The lowest BCUT2D eigenvalue weighted by molar-refractivity contribution is 0.945. The second-order valence-corrected chi connectivity index (χ2v) is 4.41. The fraction of sp³-hybridized carbons (Fsp3) is 0.0833. The smallest absolute Gasteiger partial charge is 0.232 e. The Morgan fingerprint density at radius 3 is 2.71 bits per heavy atom. The Kier molecular flexibility index (Phi) is 2.45. The van der Waals surface area contributed by atoms with Crippen LogP contribution in [0.15, 0.2) is 42.5 Å². The van der Waals surface area contributed by atoms with Gasteiger partial charge in [-0.15, -0.1) is 0 Å². The van der Waals surface area contributed by atoms with Crippen LogP contribution in [0.5, 0.6) is 0 Å². The Morgan fingerprint density at radius 2 is 1.88 bits per heavy atom. The zero-order chi connectivity index (χ0) is 11.7. The molecule has 84 valence electrons. The summed E-state index contributed by atoms with van der Waals surface area (Å²) in [6.07, 6.45) is 0. The van der Waals surface area contributed by atoms with Gasteiger partial charge in [0.1, 0.15) is 0 Å². The van der Waals surface area contributed by atoms with Gasteiger partial charge in [0.25, 0.3) is 0 Å². The molecule has 0 unspecified atom stereocenters. The molecule has 0 aliphatic carbocycles. The lowest BCUT2D eigenvalue weighted by Gasteiger charge is -2.16. The summed E-state index contributed by atoms with van der Waals surface area (Å²) < 4.78 is 3.79. The first-order valence-corrected chi connectivity index (χ1v) is 6.00. The summed E-state index contributed by atoms with van der Waals surface area (Å²) in [6.45, 7) is 0. The number of nitrogens with zero attached hydrogens (tertiary/aromatic N) is 4. The van der Waals surface area contributed by atoms with E-state index < -0.39 is 0 Å². The number of benzene rings is 2. The summed E-state index contributed by atoms with van der Waals surface area (Å²) in [5, 5.41) is 10.8. The number of anilines is 2. The first-order valence-electron chi connectivity index (χ1n) is 5.23. The van der Waals surface area contributed by atoms with E-state index in [2.05, 4.69) is 39.1 Å². The SMILES string of the molecule is CN(c1nnns1)c1cccc2ccccc12. The quantitative estimate of drug-likeness (QED) is 0.693. The molecule has 0 spiro atoms. The van der Waals surface area contributed by atoms with Crippen molar-refractivity contribution >= 4 is 33.1 Å². The second kappa shape index (κ2) is 4.10. The predicted molar refractivity (Wildman–Crippen MR) is 69.7 cm³/mol. The van der Waals surface area contributed by atoms with E-state index in [0.29, 0.717) is 0 Å². The van der Waals surface area contributed by atoms with E-state index in [1.54, 1.807) is 0 Å². The standard InChI is InChI=1S/C12H10N4S/c1-16(12-13-14-15-17-12)11-8-4-6-9-5-2-3-7-10(9)11/h2-8H,1H3. The molecule has 1 aromatic heterocycles. The Morgan fingerprint density at radius 1 is 1.06 bits per heavy atom. The van der Waals surface area contributed by atoms with Gasteiger partial charge in [-0.25, -0.2) is 0 Å². The van der Waals surface area contributed by atoms with Gasteiger partial charge in [-0.1, -0.05) is 46.0 Å². The van der Waals surface area contributed by atoms with Crippen molar-refractivity contribution in [2.24, 2.45) is 0 Å². The minimum absolute atomic E-state index is 0.793. The minimum Gasteiger partial charge on any atom is -0.318 e. The number of hydrogen-bond acceptors (Lipinski definition) is 5. The molecule has 3 rings (SSSR count). The van der Waals surface area contributed by atoms with Gasteiger partial charge in [0.05, 0.1) is 5.69 Å². The molecule has 0 saturated carbocycles. The van der Waals surface area contributed by atoms with Crippen molar-refractivity contribution in [3.8, 4) is 0 Å². The molecule has 0 aliphatic rings. The highest BCUT2D eigenvalue weighted by Crippen LogP contribution is 2.30. The molecular formula is C12H10N4S. The average Bonchev–Trinajstić information content (AvgIpc) is 2.91. The van der Waals surface area contributed by atoms with E-state index in [-0.39, 0.29) is 0 Å². The average molecular weight is 242 g/mol. The van der Waals surface area contributed by atoms with Crippen LogP contribution in [0.2, 0.25) is 0 Å². The van der Waals surface area contributed by atoms with E-state index in [1.165, 1.54) is 22.3 Å². The number of aromatic nitrogens is 3. The molecule has 0 aliphatic heterocycles. The molecule has 0 bridgehead atoms. The molecule has 3 aromatic rings. The van der Waals surface area contributed by atoms with Crippen LogP contribution in [-0.4, -0.2) is 21.8 Å². The van der Waals surface area contributed by atoms with E-state index in [9.17, 15) is 0 Å². The monoisotopic (exact) mass is 242 g/mol. The van der Waals surface area contributed by atoms with Crippen molar-refractivity contribution in [1.29, 1.82) is 0 Å². The van der Waals surface area contributed by atoms with Gasteiger partial charge in [0.15, 0.2) is 0 Å². The molecule has 0 saturated heterocycles. The molecule has 4 nitrogen and oxygen atoms in total. The summed E-state index contributed by atoms with van der Waals surface area (Å²) in [4.78, 5) is 2.01. The van der Waals surface area contributed by atoms with Crippen LogP contribution in [0.3, 0.4) is 0 Å². The van der Waals surface area contributed by atoms with Gasteiger partial charge in [0.2, 0.25) is 5.13 Å². The van der Waals surface area contributed by atoms with E-state index in [1.807, 2.05) is 30.1 Å². The Labute approximate surface area is 103 Å². The molecule has 0 N–H and O–H groups in total.